The lowest BCUT2D eigenvalue weighted by molar-refractivity contribution is 0.329. The standard InChI is InChI=1S/C13H13BrFN3/c14-10-6-4-9(5-7-10)13(12(16)18-17)8-2-1-3-11(13)15/h1-8,11H,17H2,(H2,16,18). The molecule has 18 heavy (non-hydrogen) atoms. The van der Waals surface area contributed by atoms with Crippen molar-refractivity contribution < 1.29 is 4.39 Å². The summed E-state index contributed by atoms with van der Waals surface area (Å²) in [7, 11) is 0. The molecule has 1 aliphatic rings. The van der Waals surface area contributed by atoms with E-state index in [-0.39, 0.29) is 5.84 Å². The van der Waals surface area contributed by atoms with E-state index in [2.05, 4.69) is 21.0 Å². The molecule has 0 aliphatic heterocycles. The minimum Gasteiger partial charge on any atom is -0.385 e. The summed E-state index contributed by atoms with van der Waals surface area (Å²) >= 11 is 3.34. The highest BCUT2D eigenvalue weighted by atomic mass is 79.9. The van der Waals surface area contributed by atoms with E-state index in [9.17, 15) is 4.39 Å². The van der Waals surface area contributed by atoms with Crippen molar-refractivity contribution in [3.8, 4) is 0 Å². The quantitative estimate of drug-likeness (QED) is 0.381. The Kier molecular flexibility index (Phi) is 3.52. The van der Waals surface area contributed by atoms with Crippen molar-refractivity contribution in [1.82, 2.24) is 0 Å². The van der Waals surface area contributed by atoms with Crippen molar-refractivity contribution in [1.29, 1.82) is 0 Å². The lowest BCUT2D eigenvalue weighted by Gasteiger charge is -2.33. The molecule has 0 aromatic heterocycles. The van der Waals surface area contributed by atoms with Crippen LogP contribution in [0.1, 0.15) is 5.56 Å². The minimum atomic E-state index is -1.30. The van der Waals surface area contributed by atoms with Crippen molar-refractivity contribution in [2.45, 2.75) is 11.6 Å². The number of allylic oxidation sites excluding steroid dienone is 3. The van der Waals surface area contributed by atoms with Gasteiger partial charge in [0.25, 0.3) is 0 Å². The van der Waals surface area contributed by atoms with E-state index in [1.807, 2.05) is 12.1 Å². The summed E-state index contributed by atoms with van der Waals surface area (Å²) in [5, 5.41) is 3.49. The fourth-order valence-electron chi connectivity index (χ4n) is 2.08. The summed E-state index contributed by atoms with van der Waals surface area (Å²) in [4.78, 5) is 0. The van der Waals surface area contributed by atoms with Gasteiger partial charge in [-0.1, -0.05) is 46.3 Å². The van der Waals surface area contributed by atoms with Gasteiger partial charge in [0.15, 0.2) is 0 Å². The Bertz CT molecular complexity index is 522. The number of nitrogens with two attached hydrogens (primary N) is 2. The van der Waals surface area contributed by atoms with Crippen LogP contribution in [0.2, 0.25) is 0 Å². The molecule has 4 N–H and O–H groups in total. The van der Waals surface area contributed by atoms with Gasteiger partial charge in [0.1, 0.15) is 17.4 Å². The van der Waals surface area contributed by atoms with Gasteiger partial charge in [0, 0.05) is 4.47 Å². The van der Waals surface area contributed by atoms with Crippen LogP contribution in [-0.2, 0) is 5.41 Å². The van der Waals surface area contributed by atoms with E-state index >= 15 is 0 Å². The summed E-state index contributed by atoms with van der Waals surface area (Å²) in [5.41, 5.74) is 5.42. The molecule has 94 valence electrons. The number of alkyl halides is 1. The van der Waals surface area contributed by atoms with Gasteiger partial charge in [-0.05, 0) is 23.8 Å². The molecule has 0 bridgehead atoms. The summed E-state index contributed by atoms with van der Waals surface area (Å²) in [6, 6.07) is 7.27. The third-order valence-electron chi connectivity index (χ3n) is 3.07. The molecule has 3 nitrogen and oxygen atoms in total. The van der Waals surface area contributed by atoms with Crippen molar-refractivity contribution in [2.24, 2.45) is 16.7 Å². The second kappa shape index (κ2) is 4.94. The fourth-order valence-corrected chi connectivity index (χ4v) is 2.34. The maximum absolute atomic E-state index is 14.4. The molecular formula is C13H13BrFN3. The first-order valence-electron chi connectivity index (χ1n) is 5.41. The van der Waals surface area contributed by atoms with Crippen LogP contribution in [-0.4, -0.2) is 12.0 Å². The first-order valence-corrected chi connectivity index (χ1v) is 6.20. The number of hydrogen-bond acceptors (Lipinski definition) is 2. The highest BCUT2D eigenvalue weighted by Gasteiger charge is 2.42. The number of halogens is 2. The smallest absolute Gasteiger partial charge is 0.139 e. The third kappa shape index (κ3) is 1.95. The predicted octanol–water partition coefficient (Wildman–Crippen LogP) is 2.38. The maximum Gasteiger partial charge on any atom is 0.139 e. The Morgan fingerprint density at radius 1 is 1.28 bits per heavy atom. The normalized spacial score (nSPS) is 27.4. The van der Waals surface area contributed by atoms with Crippen molar-refractivity contribution in [3.63, 3.8) is 0 Å². The van der Waals surface area contributed by atoms with Crippen LogP contribution in [0.3, 0.4) is 0 Å². The number of nitrogens with zero attached hydrogens (tertiary/aromatic N) is 1. The van der Waals surface area contributed by atoms with Crippen molar-refractivity contribution in [3.05, 3.63) is 58.6 Å². The second-order valence-corrected chi connectivity index (χ2v) is 4.95. The van der Waals surface area contributed by atoms with Gasteiger partial charge in [0.2, 0.25) is 0 Å². The van der Waals surface area contributed by atoms with E-state index in [0.717, 1.165) is 4.47 Å². The Labute approximate surface area is 113 Å². The van der Waals surface area contributed by atoms with E-state index in [1.54, 1.807) is 30.4 Å². The Morgan fingerprint density at radius 3 is 2.50 bits per heavy atom. The molecule has 0 radical (unpaired) electrons. The summed E-state index contributed by atoms with van der Waals surface area (Å²) in [6.45, 7) is 0. The Morgan fingerprint density at radius 2 is 1.94 bits per heavy atom. The summed E-state index contributed by atoms with van der Waals surface area (Å²) in [5.74, 6) is 5.30. The molecule has 0 amide bonds. The van der Waals surface area contributed by atoms with Crippen LogP contribution in [0.25, 0.3) is 0 Å². The summed E-state index contributed by atoms with van der Waals surface area (Å²) in [6.07, 6.45) is 5.23. The molecular weight excluding hydrogens is 297 g/mol. The van der Waals surface area contributed by atoms with Gasteiger partial charge in [-0.3, -0.25) is 0 Å². The molecule has 1 aromatic carbocycles. The minimum absolute atomic E-state index is 0.0536. The van der Waals surface area contributed by atoms with Gasteiger partial charge in [-0.15, -0.1) is 0 Å². The zero-order valence-corrected chi connectivity index (χ0v) is 11.1. The van der Waals surface area contributed by atoms with Crippen molar-refractivity contribution in [2.75, 3.05) is 0 Å². The van der Waals surface area contributed by atoms with E-state index < -0.39 is 11.6 Å². The second-order valence-electron chi connectivity index (χ2n) is 4.04. The zero-order chi connectivity index (χ0) is 13.2. The molecule has 0 saturated heterocycles. The number of amidine groups is 1. The van der Waals surface area contributed by atoms with E-state index in [1.165, 1.54) is 6.08 Å². The van der Waals surface area contributed by atoms with E-state index in [4.69, 9.17) is 11.6 Å². The monoisotopic (exact) mass is 309 g/mol. The van der Waals surface area contributed by atoms with Gasteiger partial charge in [0.05, 0.1) is 0 Å². The summed E-state index contributed by atoms with van der Waals surface area (Å²) < 4.78 is 15.3. The molecule has 0 heterocycles. The highest BCUT2D eigenvalue weighted by molar-refractivity contribution is 9.10. The third-order valence-corrected chi connectivity index (χ3v) is 3.60. The largest absolute Gasteiger partial charge is 0.385 e. The molecule has 2 rings (SSSR count). The lowest BCUT2D eigenvalue weighted by Crippen LogP contribution is -2.48. The Hall–Kier alpha value is -1.62. The van der Waals surface area contributed by atoms with E-state index in [0.29, 0.717) is 5.56 Å². The van der Waals surface area contributed by atoms with Crippen LogP contribution in [0.5, 0.6) is 0 Å². The molecule has 0 fully saturated rings. The van der Waals surface area contributed by atoms with Crippen LogP contribution in [0, 0.1) is 0 Å². The molecule has 0 spiro atoms. The number of benzene rings is 1. The number of hydrazone groups is 1. The lowest BCUT2D eigenvalue weighted by atomic mass is 9.73. The van der Waals surface area contributed by atoms with Gasteiger partial charge < -0.3 is 11.6 Å². The molecule has 1 aromatic rings. The highest BCUT2D eigenvalue weighted by Crippen LogP contribution is 2.35. The van der Waals surface area contributed by atoms with Gasteiger partial charge in [-0.25, -0.2) is 4.39 Å². The molecule has 5 heteroatoms. The predicted molar refractivity (Wildman–Crippen MR) is 74.8 cm³/mol. The fraction of sp³-hybridized carbons (Fsp3) is 0.154. The molecule has 2 atom stereocenters. The van der Waals surface area contributed by atoms with Crippen molar-refractivity contribution >= 4 is 21.8 Å². The molecule has 0 saturated carbocycles. The van der Waals surface area contributed by atoms with Gasteiger partial charge >= 0.3 is 0 Å². The molecule has 2 unspecified atom stereocenters. The first-order chi connectivity index (χ1) is 8.61. The number of hydrogen-bond donors (Lipinski definition) is 2. The average Bonchev–Trinajstić information content (AvgIpc) is 2.40. The Balaban J connectivity index is 2.60. The molecule has 1 aliphatic carbocycles. The van der Waals surface area contributed by atoms with Crippen LogP contribution >= 0.6 is 15.9 Å². The number of rotatable bonds is 2. The average molecular weight is 310 g/mol. The SMILES string of the molecule is NN=C(N)C1(c2ccc(Br)cc2)C=CC=CC1F. The van der Waals surface area contributed by atoms with Crippen LogP contribution in [0.4, 0.5) is 4.39 Å². The van der Waals surface area contributed by atoms with Crippen LogP contribution in [0.15, 0.2) is 58.1 Å². The maximum atomic E-state index is 14.4. The van der Waals surface area contributed by atoms with Gasteiger partial charge in [-0.2, -0.15) is 5.10 Å². The first kappa shape index (κ1) is 12.8. The zero-order valence-electron chi connectivity index (χ0n) is 9.55. The topological polar surface area (TPSA) is 64.4 Å². The van der Waals surface area contributed by atoms with Crippen LogP contribution < -0.4 is 11.6 Å².